The zero-order valence-electron chi connectivity index (χ0n) is 22.7. The van der Waals surface area contributed by atoms with Crippen molar-refractivity contribution in [1.29, 1.82) is 0 Å². The lowest BCUT2D eigenvalue weighted by molar-refractivity contribution is -0.972. The summed E-state index contributed by atoms with van der Waals surface area (Å²) in [5.41, 5.74) is 0. The van der Waals surface area contributed by atoms with Crippen LogP contribution in [0.1, 0.15) is 124 Å². The molecule has 7 nitrogen and oxygen atoms in total. The van der Waals surface area contributed by atoms with Crippen molar-refractivity contribution in [3.8, 4) is 0 Å². The first-order valence-electron chi connectivity index (χ1n) is 13.9. The van der Waals surface area contributed by atoms with Crippen molar-refractivity contribution >= 4 is 17.9 Å². The second-order valence-electron chi connectivity index (χ2n) is 9.74. The number of nitrogens with zero attached hydrogens (tertiary/aromatic N) is 1. The molecule has 0 saturated carbocycles. The van der Waals surface area contributed by atoms with Gasteiger partial charge >= 0.3 is 17.9 Å². The van der Waals surface area contributed by atoms with Crippen molar-refractivity contribution in [1.82, 2.24) is 0 Å². The zero-order chi connectivity index (χ0) is 26.7. The van der Waals surface area contributed by atoms with Gasteiger partial charge in [0.25, 0.3) is 0 Å². The Hall–Kier alpha value is -1.89. The van der Waals surface area contributed by atoms with E-state index in [9.17, 15) is 29.7 Å². The summed E-state index contributed by atoms with van der Waals surface area (Å²) in [6.07, 6.45) is 18.7. The molecule has 0 fully saturated rings. The first-order chi connectivity index (χ1) is 16.7. The topological polar surface area (TPSA) is 112 Å². The number of hydrogen-bond donors (Lipinski definition) is 3. The number of unbranched alkanes of at least 4 members (excludes halogenated alkanes) is 10. The number of aliphatic carboxylic acids is 3. The average molecular weight is 499 g/mol. The lowest BCUT2D eigenvalue weighted by atomic mass is 9.94. The summed E-state index contributed by atoms with van der Waals surface area (Å²) < 4.78 is -0.452. The third-order valence-corrected chi connectivity index (χ3v) is 7.33. The highest BCUT2D eigenvalue weighted by molar-refractivity contribution is 5.78. The van der Waals surface area contributed by atoms with E-state index in [0.717, 1.165) is 12.8 Å². The Morgan fingerprint density at radius 1 is 0.571 bits per heavy atom. The lowest BCUT2D eigenvalue weighted by Crippen LogP contribution is -2.72. The van der Waals surface area contributed by atoms with E-state index < -0.39 is 40.5 Å². The van der Waals surface area contributed by atoms with Gasteiger partial charge < -0.3 is 15.3 Å². The molecule has 0 aromatic heterocycles. The fourth-order valence-corrected chi connectivity index (χ4v) is 5.56. The van der Waals surface area contributed by atoms with Crippen LogP contribution in [0.5, 0.6) is 0 Å². The number of carbonyl (C=O) groups is 3. The van der Waals surface area contributed by atoms with Crippen LogP contribution >= 0.6 is 0 Å². The molecule has 3 atom stereocenters. The van der Waals surface area contributed by atoms with Crippen molar-refractivity contribution in [3.63, 3.8) is 0 Å². The first kappa shape index (κ1) is 33.1. The molecule has 0 aliphatic heterocycles. The van der Waals surface area contributed by atoms with Crippen LogP contribution in [0.3, 0.4) is 0 Å². The van der Waals surface area contributed by atoms with E-state index in [1.165, 1.54) is 57.8 Å². The Morgan fingerprint density at radius 3 is 1.26 bits per heavy atom. The Balaban J connectivity index is 5.07. The Labute approximate surface area is 213 Å². The van der Waals surface area contributed by atoms with E-state index in [1.807, 2.05) is 6.08 Å². The molecule has 0 spiro atoms. The van der Waals surface area contributed by atoms with Gasteiger partial charge in [-0.25, -0.2) is 14.4 Å². The second kappa shape index (κ2) is 19.3. The molecule has 7 heteroatoms. The minimum atomic E-state index is -1.14. The largest absolute Gasteiger partial charge is 0.477 e. The van der Waals surface area contributed by atoms with Gasteiger partial charge in [-0.2, -0.15) is 0 Å². The summed E-state index contributed by atoms with van der Waals surface area (Å²) >= 11 is 0. The van der Waals surface area contributed by atoms with Gasteiger partial charge in [-0.15, -0.1) is 0 Å². The van der Waals surface area contributed by atoms with Gasteiger partial charge in [0.15, 0.2) is 18.1 Å². The SMILES string of the molecule is CCCCCCCCCCCC/C=C/CC[N+](C(CC)C(=O)O)(C(CC)C(=O)O)C(CC)C(=O)O. The predicted molar refractivity (Wildman–Crippen MR) is 140 cm³/mol. The van der Waals surface area contributed by atoms with Gasteiger partial charge in [-0.05, 0) is 12.8 Å². The summed E-state index contributed by atoms with van der Waals surface area (Å²) in [6.45, 7) is 7.48. The molecular weight excluding hydrogens is 446 g/mol. The van der Waals surface area contributed by atoms with Crippen LogP contribution in [-0.2, 0) is 14.4 Å². The second-order valence-corrected chi connectivity index (χ2v) is 9.74. The molecular formula is C28H52NO6+. The maximum Gasteiger partial charge on any atom is 0.362 e. The highest BCUT2D eigenvalue weighted by atomic mass is 16.4. The number of hydrogen-bond acceptors (Lipinski definition) is 3. The monoisotopic (exact) mass is 498 g/mol. The van der Waals surface area contributed by atoms with Crippen molar-refractivity contribution in [2.75, 3.05) is 6.54 Å². The van der Waals surface area contributed by atoms with Gasteiger partial charge in [-0.3, -0.25) is 4.48 Å². The predicted octanol–water partition coefficient (Wildman–Crippen LogP) is 6.65. The molecule has 0 aliphatic carbocycles. The van der Waals surface area contributed by atoms with Crippen molar-refractivity contribution in [2.45, 2.75) is 142 Å². The maximum absolute atomic E-state index is 12.2. The molecule has 0 saturated heterocycles. The minimum absolute atomic E-state index is 0.172. The fourth-order valence-electron chi connectivity index (χ4n) is 5.56. The molecule has 0 heterocycles. The highest BCUT2D eigenvalue weighted by Gasteiger charge is 2.55. The number of allylic oxidation sites excluding steroid dienone is 1. The molecule has 0 aromatic rings. The quantitative estimate of drug-likeness (QED) is 0.0826. The molecule has 0 rings (SSSR count). The smallest absolute Gasteiger partial charge is 0.362 e. The van der Waals surface area contributed by atoms with E-state index in [4.69, 9.17) is 0 Å². The molecule has 0 bridgehead atoms. The maximum atomic E-state index is 12.2. The van der Waals surface area contributed by atoms with Crippen LogP contribution in [0.25, 0.3) is 0 Å². The van der Waals surface area contributed by atoms with Gasteiger partial charge in [0.05, 0.1) is 6.54 Å². The fraction of sp³-hybridized carbons (Fsp3) is 0.821. The van der Waals surface area contributed by atoms with E-state index in [-0.39, 0.29) is 25.8 Å². The Bertz CT molecular complexity index is 578. The van der Waals surface area contributed by atoms with Crippen molar-refractivity contribution in [3.05, 3.63) is 12.2 Å². The van der Waals surface area contributed by atoms with Gasteiger partial charge in [-0.1, -0.05) is 97.6 Å². The van der Waals surface area contributed by atoms with Crippen molar-refractivity contribution < 1.29 is 34.2 Å². The summed E-state index contributed by atoms with van der Waals surface area (Å²) in [5, 5.41) is 29.9. The number of rotatable bonds is 23. The van der Waals surface area contributed by atoms with E-state index in [0.29, 0.717) is 6.42 Å². The summed E-state index contributed by atoms with van der Waals surface area (Å²) in [5.74, 6) is -3.41. The third-order valence-electron chi connectivity index (χ3n) is 7.33. The van der Waals surface area contributed by atoms with Crippen molar-refractivity contribution in [2.24, 2.45) is 0 Å². The van der Waals surface area contributed by atoms with Gasteiger partial charge in [0.2, 0.25) is 0 Å². The van der Waals surface area contributed by atoms with Crippen LogP contribution in [0.15, 0.2) is 12.2 Å². The Morgan fingerprint density at radius 2 is 0.914 bits per heavy atom. The van der Waals surface area contributed by atoms with E-state index >= 15 is 0 Å². The molecule has 3 N–H and O–H groups in total. The highest BCUT2D eigenvalue weighted by Crippen LogP contribution is 2.32. The molecule has 0 aliphatic rings. The molecule has 3 unspecified atom stereocenters. The standard InChI is InChI=1S/C28H51NO6/c1-5-9-10-11-12-13-14-15-16-17-18-19-20-21-22-29(23(6-2)26(30)31,24(7-3)27(32)33)25(8-4)28(34)35/h19-20,23-25H,5-18,21-22H2,1-4H3,(H2-,30,31,32,33,34,35)/p+1/b20-19+. The Kier molecular flexibility index (Phi) is 18.3. The first-order valence-corrected chi connectivity index (χ1v) is 13.9. The molecule has 204 valence electrons. The number of carboxylic acid groups (broad SMARTS) is 3. The van der Waals surface area contributed by atoms with Gasteiger partial charge in [0, 0.05) is 25.7 Å². The van der Waals surface area contributed by atoms with Crippen LogP contribution in [-0.4, -0.2) is 62.4 Å². The molecule has 0 aromatic carbocycles. The number of quaternary nitrogens is 1. The van der Waals surface area contributed by atoms with Crippen LogP contribution in [0.2, 0.25) is 0 Å². The van der Waals surface area contributed by atoms with Crippen LogP contribution in [0.4, 0.5) is 0 Å². The summed E-state index contributed by atoms with van der Waals surface area (Å²) in [6, 6.07) is -3.27. The van der Waals surface area contributed by atoms with E-state index in [2.05, 4.69) is 13.0 Å². The van der Waals surface area contributed by atoms with Crippen LogP contribution < -0.4 is 0 Å². The molecule has 0 amide bonds. The molecule has 35 heavy (non-hydrogen) atoms. The summed E-state index contributed by atoms with van der Waals surface area (Å²) in [7, 11) is 0. The minimum Gasteiger partial charge on any atom is -0.477 e. The van der Waals surface area contributed by atoms with E-state index in [1.54, 1.807) is 20.8 Å². The third kappa shape index (κ3) is 11.1. The summed E-state index contributed by atoms with van der Waals surface area (Å²) in [4.78, 5) is 36.6. The molecule has 0 radical (unpaired) electrons. The van der Waals surface area contributed by atoms with Crippen LogP contribution in [0, 0.1) is 0 Å². The normalized spacial score (nSPS) is 16.0. The lowest BCUT2D eigenvalue weighted by Gasteiger charge is -2.49. The average Bonchev–Trinajstić information content (AvgIpc) is 2.79. The number of carboxylic acids is 3. The van der Waals surface area contributed by atoms with Gasteiger partial charge in [0.1, 0.15) is 0 Å². The zero-order valence-corrected chi connectivity index (χ0v) is 22.7.